The van der Waals surface area contributed by atoms with E-state index in [0.717, 1.165) is 5.69 Å². The molecule has 3 aromatic rings. The third-order valence-corrected chi connectivity index (χ3v) is 4.23. The van der Waals surface area contributed by atoms with Crippen LogP contribution in [0.25, 0.3) is 11.5 Å². The van der Waals surface area contributed by atoms with E-state index in [1.54, 1.807) is 18.3 Å². The number of hydrogen-bond acceptors (Lipinski definition) is 6. The molecule has 1 aromatic carbocycles. The van der Waals surface area contributed by atoms with Crippen molar-refractivity contribution in [3.63, 3.8) is 0 Å². The summed E-state index contributed by atoms with van der Waals surface area (Å²) in [7, 11) is 0. The highest BCUT2D eigenvalue weighted by molar-refractivity contribution is 7.98. The van der Waals surface area contributed by atoms with Gasteiger partial charge in [-0.05, 0) is 36.8 Å². The van der Waals surface area contributed by atoms with Crippen LogP contribution in [-0.4, -0.2) is 21.8 Å². The number of unbranched alkanes of at least 4 members (excludes halogenated alkanes) is 1. The van der Waals surface area contributed by atoms with Gasteiger partial charge in [0, 0.05) is 23.9 Å². The molecule has 0 aliphatic rings. The molecule has 0 amide bonds. The first-order chi connectivity index (χ1) is 12.8. The summed E-state index contributed by atoms with van der Waals surface area (Å²) in [6.07, 6.45) is 8.17. The Morgan fingerprint density at radius 2 is 2.15 bits per heavy atom. The van der Waals surface area contributed by atoms with Gasteiger partial charge < -0.3 is 9.15 Å². The molecule has 7 heteroatoms. The van der Waals surface area contributed by atoms with Crippen molar-refractivity contribution in [3.05, 3.63) is 54.1 Å². The smallest absolute Gasteiger partial charge is 0.277 e. The molecule has 0 fully saturated rings. The summed E-state index contributed by atoms with van der Waals surface area (Å²) >= 11 is 1.39. The average molecular weight is 369 g/mol. The first-order valence-corrected chi connectivity index (χ1v) is 8.97. The first kappa shape index (κ1) is 18.0. The first-order valence-electron chi connectivity index (χ1n) is 7.98. The molecule has 0 saturated carbocycles. The number of aromatic nitrogens is 3. The number of pyridine rings is 1. The fraction of sp³-hybridized carbons (Fsp3) is 0.211. The van der Waals surface area contributed by atoms with Gasteiger partial charge >= 0.3 is 0 Å². The Morgan fingerprint density at radius 3 is 2.96 bits per heavy atom. The normalized spacial score (nSPS) is 10.5. The maximum atomic E-state index is 13.9. The lowest BCUT2D eigenvalue weighted by molar-refractivity contribution is 0.297. The van der Waals surface area contributed by atoms with Crippen LogP contribution in [0.3, 0.4) is 0 Å². The minimum Gasteiger partial charge on any atom is -0.490 e. The van der Waals surface area contributed by atoms with Crippen molar-refractivity contribution in [2.45, 2.75) is 23.8 Å². The van der Waals surface area contributed by atoms with Gasteiger partial charge in [-0.15, -0.1) is 22.5 Å². The lowest BCUT2D eigenvalue weighted by Gasteiger charge is -2.07. The maximum absolute atomic E-state index is 13.9. The molecule has 0 atom stereocenters. The number of halogens is 1. The molecule has 0 unspecified atom stereocenters. The number of thioether (sulfide) groups is 1. The van der Waals surface area contributed by atoms with Gasteiger partial charge in [-0.2, -0.15) is 0 Å². The van der Waals surface area contributed by atoms with Crippen LogP contribution >= 0.6 is 11.8 Å². The highest BCUT2D eigenvalue weighted by Gasteiger charge is 2.13. The molecule has 3 rings (SSSR count). The van der Waals surface area contributed by atoms with Crippen molar-refractivity contribution < 1.29 is 13.5 Å². The van der Waals surface area contributed by atoms with Crippen molar-refractivity contribution in [3.8, 4) is 29.5 Å². The van der Waals surface area contributed by atoms with Crippen LogP contribution < -0.4 is 4.74 Å². The fourth-order valence-electron chi connectivity index (χ4n) is 2.11. The van der Waals surface area contributed by atoms with E-state index in [2.05, 4.69) is 21.1 Å². The molecule has 0 radical (unpaired) electrons. The lowest BCUT2D eigenvalue weighted by Crippen LogP contribution is -1.99. The van der Waals surface area contributed by atoms with Gasteiger partial charge in [0.25, 0.3) is 5.22 Å². The topological polar surface area (TPSA) is 61.0 Å². The molecule has 2 aromatic heterocycles. The zero-order valence-electron chi connectivity index (χ0n) is 13.9. The van der Waals surface area contributed by atoms with E-state index in [9.17, 15) is 4.39 Å². The highest BCUT2D eigenvalue weighted by Crippen LogP contribution is 2.28. The van der Waals surface area contributed by atoms with Crippen LogP contribution in [0, 0.1) is 18.2 Å². The summed E-state index contributed by atoms with van der Waals surface area (Å²) in [4.78, 5) is 4.24. The summed E-state index contributed by atoms with van der Waals surface area (Å²) in [5.41, 5.74) is 1.51. The summed E-state index contributed by atoms with van der Waals surface area (Å²) in [6.45, 7) is 0.347. The molecular weight excluding hydrogens is 353 g/mol. The van der Waals surface area contributed by atoms with E-state index in [1.165, 1.54) is 17.8 Å². The summed E-state index contributed by atoms with van der Waals surface area (Å²) in [5.74, 6) is 3.14. The molecule has 26 heavy (non-hydrogen) atoms. The molecule has 2 heterocycles. The Balaban J connectivity index is 1.65. The number of nitrogens with zero attached hydrogens (tertiary/aromatic N) is 3. The summed E-state index contributed by atoms with van der Waals surface area (Å²) < 4.78 is 24.9. The maximum Gasteiger partial charge on any atom is 0.277 e. The molecule has 132 valence electrons. The Labute approximate surface area is 155 Å². The predicted octanol–water partition coefficient (Wildman–Crippen LogP) is 4.36. The van der Waals surface area contributed by atoms with E-state index in [4.69, 9.17) is 15.6 Å². The predicted molar refractivity (Wildman–Crippen MR) is 97.1 cm³/mol. The summed E-state index contributed by atoms with van der Waals surface area (Å²) in [5, 5.41) is 8.45. The van der Waals surface area contributed by atoms with E-state index >= 15 is 0 Å². The number of hydrogen-bond donors (Lipinski definition) is 0. The van der Waals surface area contributed by atoms with Crippen molar-refractivity contribution in [1.29, 1.82) is 0 Å². The van der Waals surface area contributed by atoms with Crippen LogP contribution in [0.1, 0.15) is 18.5 Å². The number of benzene rings is 1. The molecule has 0 spiro atoms. The Morgan fingerprint density at radius 1 is 1.23 bits per heavy atom. The quantitative estimate of drug-likeness (QED) is 0.334. The van der Waals surface area contributed by atoms with E-state index in [0.29, 0.717) is 41.9 Å². The molecule has 0 aliphatic heterocycles. The average Bonchev–Trinajstić information content (AvgIpc) is 3.15. The van der Waals surface area contributed by atoms with Gasteiger partial charge in [0.1, 0.15) is 0 Å². The molecule has 5 nitrogen and oxygen atoms in total. The monoisotopic (exact) mass is 369 g/mol. The third kappa shape index (κ3) is 4.83. The van der Waals surface area contributed by atoms with Gasteiger partial charge in [-0.25, -0.2) is 4.39 Å². The Hall–Kier alpha value is -2.85. The van der Waals surface area contributed by atoms with Crippen molar-refractivity contribution >= 4 is 11.8 Å². The number of rotatable bonds is 8. The number of ether oxygens (including phenoxy) is 1. The van der Waals surface area contributed by atoms with Crippen LogP contribution in [0.4, 0.5) is 4.39 Å². The minimum absolute atomic E-state index is 0.139. The van der Waals surface area contributed by atoms with Crippen molar-refractivity contribution in [2.75, 3.05) is 6.61 Å². The summed E-state index contributed by atoms with van der Waals surface area (Å²) in [6, 6.07) is 10.1. The van der Waals surface area contributed by atoms with Crippen molar-refractivity contribution in [2.24, 2.45) is 0 Å². The van der Waals surface area contributed by atoms with Gasteiger partial charge in [0.15, 0.2) is 11.6 Å². The second-order valence-corrected chi connectivity index (χ2v) is 6.21. The van der Waals surface area contributed by atoms with E-state index in [-0.39, 0.29) is 5.75 Å². The Kier molecular flexibility index (Phi) is 6.23. The van der Waals surface area contributed by atoms with Gasteiger partial charge in [0.2, 0.25) is 5.89 Å². The molecule has 0 aliphatic carbocycles. The minimum atomic E-state index is -0.446. The van der Waals surface area contributed by atoms with Crippen LogP contribution in [0.5, 0.6) is 5.75 Å². The van der Waals surface area contributed by atoms with Gasteiger partial charge in [-0.3, -0.25) is 4.98 Å². The van der Waals surface area contributed by atoms with E-state index in [1.807, 2.05) is 18.2 Å². The number of terminal acetylenes is 1. The van der Waals surface area contributed by atoms with Crippen molar-refractivity contribution in [1.82, 2.24) is 15.2 Å². The second-order valence-electron chi connectivity index (χ2n) is 5.28. The highest BCUT2D eigenvalue weighted by atomic mass is 32.2. The van der Waals surface area contributed by atoms with Crippen LogP contribution in [0.15, 0.2) is 52.2 Å². The third-order valence-electron chi connectivity index (χ3n) is 3.38. The van der Waals surface area contributed by atoms with Crippen LogP contribution in [-0.2, 0) is 5.75 Å². The second kappa shape index (κ2) is 9.02. The van der Waals surface area contributed by atoms with E-state index < -0.39 is 5.82 Å². The molecular formula is C19H16FN3O2S. The SMILES string of the molecule is C#CCCCOc1cc(-c2nnc(SCc3ccccn3)o2)ccc1F. The zero-order chi connectivity index (χ0) is 18.2. The standard InChI is InChI=1S/C19H16FN3O2S/c1-2-3-6-11-24-17-12-14(8-9-16(17)20)18-22-23-19(25-18)26-13-15-7-4-5-10-21-15/h1,4-5,7-10,12H,3,6,11,13H2. The zero-order valence-corrected chi connectivity index (χ0v) is 14.7. The fourth-order valence-corrected chi connectivity index (χ4v) is 2.79. The van der Waals surface area contributed by atoms with Gasteiger partial charge in [0.05, 0.1) is 12.3 Å². The Bertz CT molecular complexity index is 893. The van der Waals surface area contributed by atoms with Crippen LogP contribution in [0.2, 0.25) is 0 Å². The van der Waals surface area contributed by atoms with Gasteiger partial charge in [-0.1, -0.05) is 17.8 Å². The molecule has 0 N–H and O–H groups in total. The largest absolute Gasteiger partial charge is 0.490 e. The lowest BCUT2D eigenvalue weighted by atomic mass is 10.2. The molecule has 0 saturated heterocycles. The molecule has 0 bridgehead atoms.